The lowest BCUT2D eigenvalue weighted by atomic mass is 10.1. The minimum absolute atomic E-state index is 0.433. The summed E-state index contributed by atoms with van der Waals surface area (Å²) in [6.07, 6.45) is 3.71. The van der Waals surface area contributed by atoms with Crippen molar-refractivity contribution in [2.45, 2.75) is 32.3 Å². The molecule has 0 amide bonds. The van der Waals surface area contributed by atoms with Gasteiger partial charge in [0.1, 0.15) is 0 Å². The Morgan fingerprint density at radius 1 is 1.46 bits per heavy atom. The van der Waals surface area contributed by atoms with Gasteiger partial charge >= 0.3 is 0 Å². The molecule has 0 bridgehead atoms. The van der Waals surface area contributed by atoms with Crippen molar-refractivity contribution in [1.82, 2.24) is 0 Å². The summed E-state index contributed by atoms with van der Waals surface area (Å²) in [6, 6.07) is 0. The second-order valence-corrected chi connectivity index (χ2v) is 3.97. The van der Waals surface area contributed by atoms with Crippen molar-refractivity contribution in [2.24, 2.45) is 5.92 Å². The molecular formula is C10H20O2S. The standard InChI is InChI=1S/C10H20O2S/c1-2-9(8-13)7-12-10-3-5-11-6-4-10/h9-10,13H,2-8H2,1H3. The van der Waals surface area contributed by atoms with Crippen LogP contribution in [0.2, 0.25) is 0 Å². The largest absolute Gasteiger partial charge is 0.381 e. The predicted molar refractivity (Wildman–Crippen MR) is 57.4 cm³/mol. The molecule has 0 saturated carbocycles. The molecule has 0 spiro atoms. The van der Waals surface area contributed by atoms with E-state index in [4.69, 9.17) is 9.47 Å². The van der Waals surface area contributed by atoms with E-state index in [9.17, 15) is 0 Å². The summed E-state index contributed by atoms with van der Waals surface area (Å²) in [5.74, 6) is 1.55. The first-order valence-corrected chi connectivity index (χ1v) is 5.80. The average Bonchev–Trinajstić information content (AvgIpc) is 2.21. The van der Waals surface area contributed by atoms with Gasteiger partial charge in [0.2, 0.25) is 0 Å². The molecule has 3 heteroatoms. The molecule has 0 aliphatic carbocycles. The molecule has 13 heavy (non-hydrogen) atoms. The Hall–Kier alpha value is 0.270. The monoisotopic (exact) mass is 204 g/mol. The van der Waals surface area contributed by atoms with E-state index in [0.717, 1.165) is 44.8 Å². The fraction of sp³-hybridized carbons (Fsp3) is 1.00. The van der Waals surface area contributed by atoms with Gasteiger partial charge in [-0.2, -0.15) is 12.6 Å². The molecule has 1 saturated heterocycles. The van der Waals surface area contributed by atoms with Crippen LogP contribution in [0.15, 0.2) is 0 Å². The van der Waals surface area contributed by atoms with Crippen LogP contribution in [0.5, 0.6) is 0 Å². The molecule has 1 heterocycles. The minimum atomic E-state index is 0.433. The molecule has 2 nitrogen and oxygen atoms in total. The van der Waals surface area contributed by atoms with Gasteiger partial charge in [-0.1, -0.05) is 13.3 Å². The number of rotatable bonds is 5. The Morgan fingerprint density at radius 2 is 2.15 bits per heavy atom. The van der Waals surface area contributed by atoms with Crippen LogP contribution in [0, 0.1) is 5.92 Å². The summed E-state index contributed by atoms with van der Waals surface area (Å²) in [5.41, 5.74) is 0. The van der Waals surface area contributed by atoms with E-state index in [0.29, 0.717) is 12.0 Å². The Kier molecular flexibility index (Phi) is 5.83. The Morgan fingerprint density at radius 3 is 2.69 bits per heavy atom. The van der Waals surface area contributed by atoms with Crippen molar-refractivity contribution in [3.63, 3.8) is 0 Å². The van der Waals surface area contributed by atoms with Crippen LogP contribution < -0.4 is 0 Å². The van der Waals surface area contributed by atoms with Gasteiger partial charge in [0, 0.05) is 13.2 Å². The van der Waals surface area contributed by atoms with Crippen molar-refractivity contribution in [1.29, 1.82) is 0 Å². The van der Waals surface area contributed by atoms with Crippen LogP contribution in [-0.2, 0) is 9.47 Å². The topological polar surface area (TPSA) is 18.5 Å². The molecule has 1 fully saturated rings. The second-order valence-electron chi connectivity index (χ2n) is 3.60. The van der Waals surface area contributed by atoms with Crippen LogP contribution in [0.3, 0.4) is 0 Å². The van der Waals surface area contributed by atoms with Gasteiger partial charge < -0.3 is 9.47 Å². The van der Waals surface area contributed by atoms with Crippen molar-refractivity contribution < 1.29 is 9.47 Å². The quantitative estimate of drug-likeness (QED) is 0.692. The van der Waals surface area contributed by atoms with Gasteiger partial charge in [0.25, 0.3) is 0 Å². The molecule has 1 aliphatic heterocycles. The smallest absolute Gasteiger partial charge is 0.0619 e. The molecule has 0 aromatic heterocycles. The summed E-state index contributed by atoms with van der Waals surface area (Å²) < 4.78 is 11.1. The Balaban J connectivity index is 2.09. The molecule has 0 aromatic carbocycles. The minimum Gasteiger partial charge on any atom is -0.381 e. The zero-order valence-electron chi connectivity index (χ0n) is 8.37. The molecule has 0 radical (unpaired) electrons. The van der Waals surface area contributed by atoms with Gasteiger partial charge in [-0.3, -0.25) is 0 Å². The highest BCUT2D eigenvalue weighted by molar-refractivity contribution is 7.80. The van der Waals surface area contributed by atoms with E-state index in [1.807, 2.05) is 0 Å². The average molecular weight is 204 g/mol. The van der Waals surface area contributed by atoms with E-state index in [1.54, 1.807) is 0 Å². The Labute approximate surface area is 86.4 Å². The lowest BCUT2D eigenvalue weighted by Gasteiger charge is -2.24. The van der Waals surface area contributed by atoms with Crippen LogP contribution in [0.4, 0.5) is 0 Å². The van der Waals surface area contributed by atoms with E-state index >= 15 is 0 Å². The molecule has 1 atom stereocenters. The van der Waals surface area contributed by atoms with E-state index in [-0.39, 0.29) is 0 Å². The summed E-state index contributed by atoms with van der Waals surface area (Å²) in [5, 5.41) is 0. The first-order valence-electron chi connectivity index (χ1n) is 5.17. The highest BCUT2D eigenvalue weighted by Crippen LogP contribution is 2.13. The second kappa shape index (κ2) is 6.68. The molecular weight excluding hydrogens is 184 g/mol. The van der Waals surface area contributed by atoms with E-state index in [1.165, 1.54) is 0 Å². The van der Waals surface area contributed by atoms with Crippen molar-refractivity contribution in [3.8, 4) is 0 Å². The number of ether oxygens (including phenoxy) is 2. The predicted octanol–water partition coefficient (Wildman–Crippen LogP) is 2.14. The van der Waals surface area contributed by atoms with Gasteiger partial charge in [-0.25, -0.2) is 0 Å². The highest BCUT2D eigenvalue weighted by atomic mass is 32.1. The normalized spacial score (nSPS) is 21.7. The summed E-state index contributed by atoms with van der Waals surface area (Å²) >= 11 is 4.29. The van der Waals surface area contributed by atoms with Crippen LogP contribution in [0.25, 0.3) is 0 Å². The maximum Gasteiger partial charge on any atom is 0.0619 e. The molecule has 1 aliphatic rings. The van der Waals surface area contributed by atoms with E-state index in [2.05, 4.69) is 19.6 Å². The van der Waals surface area contributed by atoms with Crippen molar-refractivity contribution in [2.75, 3.05) is 25.6 Å². The maximum atomic E-state index is 5.80. The maximum absolute atomic E-state index is 5.80. The third-order valence-electron chi connectivity index (χ3n) is 2.57. The number of hydrogen-bond donors (Lipinski definition) is 1. The van der Waals surface area contributed by atoms with Crippen LogP contribution in [0.1, 0.15) is 26.2 Å². The fourth-order valence-corrected chi connectivity index (χ4v) is 1.78. The van der Waals surface area contributed by atoms with E-state index < -0.39 is 0 Å². The first-order chi connectivity index (χ1) is 6.36. The molecule has 1 rings (SSSR count). The fourth-order valence-electron chi connectivity index (χ4n) is 1.41. The van der Waals surface area contributed by atoms with Gasteiger partial charge in [-0.05, 0) is 24.5 Å². The first kappa shape index (κ1) is 11.3. The summed E-state index contributed by atoms with van der Waals surface area (Å²) in [4.78, 5) is 0. The summed E-state index contributed by atoms with van der Waals surface area (Å²) in [7, 11) is 0. The van der Waals surface area contributed by atoms with Gasteiger partial charge in [-0.15, -0.1) is 0 Å². The lowest BCUT2D eigenvalue weighted by molar-refractivity contribution is -0.0409. The van der Waals surface area contributed by atoms with Crippen molar-refractivity contribution >= 4 is 12.6 Å². The highest BCUT2D eigenvalue weighted by Gasteiger charge is 2.15. The van der Waals surface area contributed by atoms with Crippen LogP contribution >= 0.6 is 12.6 Å². The molecule has 0 aromatic rings. The lowest BCUT2D eigenvalue weighted by Crippen LogP contribution is -2.26. The van der Waals surface area contributed by atoms with Crippen LogP contribution in [-0.4, -0.2) is 31.7 Å². The number of hydrogen-bond acceptors (Lipinski definition) is 3. The SMILES string of the molecule is CCC(CS)COC1CCOCC1. The molecule has 1 unspecified atom stereocenters. The molecule has 78 valence electrons. The third-order valence-corrected chi connectivity index (χ3v) is 3.09. The zero-order valence-corrected chi connectivity index (χ0v) is 9.26. The summed E-state index contributed by atoms with van der Waals surface area (Å²) in [6.45, 7) is 4.78. The molecule has 0 N–H and O–H groups in total. The van der Waals surface area contributed by atoms with Gasteiger partial charge in [0.05, 0.1) is 12.7 Å². The van der Waals surface area contributed by atoms with Gasteiger partial charge in [0.15, 0.2) is 0 Å². The third kappa shape index (κ3) is 4.34. The number of thiol groups is 1. The zero-order chi connectivity index (χ0) is 9.52. The van der Waals surface area contributed by atoms with Crippen molar-refractivity contribution in [3.05, 3.63) is 0 Å². The Bertz CT molecular complexity index is 120.